The van der Waals surface area contributed by atoms with E-state index in [1.807, 2.05) is 44.0 Å². The monoisotopic (exact) mass is 297 g/mol. The first kappa shape index (κ1) is 17.8. The fourth-order valence-electron chi connectivity index (χ4n) is 2.05. The van der Waals surface area contributed by atoms with Crippen LogP contribution in [-0.4, -0.2) is 56.6 Å². The van der Waals surface area contributed by atoms with Crippen molar-refractivity contribution >= 4 is 0 Å². The van der Waals surface area contributed by atoms with E-state index < -0.39 is 6.10 Å². The second-order valence-electron chi connectivity index (χ2n) is 5.41. The predicted octanol–water partition coefficient (Wildman–Crippen LogP) is 1.92. The molecule has 0 bridgehead atoms. The Hall–Kier alpha value is -1.30. The maximum absolute atomic E-state index is 9.94. The zero-order valence-corrected chi connectivity index (χ0v) is 13.6. The Labute approximate surface area is 127 Å². The van der Waals surface area contributed by atoms with Gasteiger partial charge in [-0.15, -0.1) is 0 Å². The van der Waals surface area contributed by atoms with Crippen LogP contribution in [0, 0.1) is 0 Å². The minimum atomic E-state index is -0.498. The second-order valence-corrected chi connectivity index (χ2v) is 5.41. The average molecular weight is 297 g/mol. The molecule has 21 heavy (non-hydrogen) atoms. The molecule has 0 heterocycles. The summed E-state index contributed by atoms with van der Waals surface area (Å²) < 4.78 is 16.0. The Bertz CT molecular complexity index is 423. The molecule has 120 valence electrons. The van der Waals surface area contributed by atoms with Crippen LogP contribution in [0.2, 0.25) is 0 Å². The average Bonchev–Trinajstić information content (AvgIpc) is 2.45. The third-order valence-electron chi connectivity index (χ3n) is 3.08. The topological polar surface area (TPSA) is 51.2 Å². The van der Waals surface area contributed by atoms with Crippen molar-refractivity contribution in [1.29, 1.82) is 0 Å². The lowest BCUT2D eigenvalue weighted by Gasteiger charge is -2.22. The predicted molar refractivity (Wildman–Crippen MR) is 83.0 cm³/mol. The molecule has 1 rings (SSSR count). The molecule has 0 fully saturated rings. The normalized spacial score (nSPS) is 12.8. The van der Waals surface area contributed by atoms with Gasteiger partial charge in [-0.1, -0.05) is 6.07 Å². The van der Waals surface area contributed by atoms with Gasteiger partial charge in [-0.2, -0.15) is 0 Å². The van der Waals surface area contributed by atoms with E-state index in [0.717, 1.165) is 17.1 Å². The van der Waals surface area contributed by atoms with E-state index in [1.54, 1.807) is 14.2 Å². The molecule has 0 amide bonds. The molecule has 0 aromatic heterocycles. The number of likely N-dealkylation sites (N-methyl/N-ethyl adjacent to an activating group) is 1. The maximum atomic E-state index is 9.94. The molecule has 0 aliphatic heterocycles. The molecule has 1 N–H and O–H groups in total. The zero-order chi connectivity index (χ0) is 15.8. The summed E-state index contributed by atoms with van der Waals surface area (Å²) in [5.74, 6) is 1.55. The van der Waals surface area contributed by atoms with Gasteiger partial charge in [-0.25, -0.2) is 0 Å². The lowest BCUT2D eigenvalue weighted by Crippen LogP contribution is -2.32. The zero-order valence-electron chi connectivity index (χ0n) is 13.6. The highest BCUT2D eigenvalue weighted by Crippen LogP contribution is 2.25. The first-order valence-electron chi connectivity index (χ1n) is 7.15. The Morgan fingerprint density at radius 1 is 1.19 bits per heavy atom. The van der Waals surface area contributed by atoms with Gasteiger partial charge >= 0.3 is 0 Å². The van der Waals surface area contributed by atoms with Crippen molar-refractivity contribution in [2.75, 3.05) is 34.4 Å². The molecule has 1 atom stereocenters. The van der Waals surface area contributed by atoms with Gasteiger partial charge in [0.2, 0.25) is 0 Å². The molecule has 0 saturated carbocycles. The third-order valence-corrected chi connectivity index (χ3v) is 3.08. The van der Waals surface area contributed by atoms with Crippen LogP contribution in [0.3, 0.4) is 0 Å². The van der Waals surface area contributed by atoms with Crippen molar-refractivity contribution in [1.82, 2.24) is 4.90 Å². The van der Waals surface area contributed by atoms with Crippen LogP contribution in [0.5, 0.6) is 11.5 Å². The van der Waals surface area contributed by atoms with E-state index >= 15 is 0 Å². The fraction of sp³-hybridized carbons (Fsp3) is 0.625. The second kappa shape index (κ2) is 8.87. The summed E-state index contributed by atoms with van der Waals surface area (Å²) in [4.78, 5) is 2.04. The quantitative estimate of drug-likeness (QED) is 0.755. The van der Waals surface area contributed by atoms with Gasteiger partial charge in [0, 0.05) is 24.7 Å². The number of benzene rings is 1. The minimum Gasteiger partial charge on any atom is -0.497 e. The first-order valence-corrected chi connectivity index (χ1v) is 7.15. The minimum absolute atomic E-state index is 0.131. The van der Waals surface area contributed by atoms with E-state index in [9.17, 15) is 5.11 Å². The molecular weight excluding hydrogens is 270 g/mol. The molecule has 0 radical (unpaired) electrons. The standard InChI is InChI=1S/C16H27NO4/c1-12(2)21-11-14(18)10-17(3)9-13-6-7-15(19-4)8-16(13)20-5/h6-8,12,14,18H,9-11H2,1-5H3/t14-/m0/s1. The number of rotatable bonds is 9. The summed E-state index contributed by atoms with van der Waals surface area (Å²) >= 11 is 0. The van der Waals surface area contributed by atoms with Crippen molar-refractivity contribution in [2.24, 2.45) is 0 Å². The van der Waals surface area contributed by atoms with Crippen molar-refractivity contribution in [2.45, 2.75) is 32.6 Å². The number of methoxy groups -OCH3 is 2. The van der Waals surface area contributed by atoms with Crippen LogP contribution in [0.4, 0.5) is 0 Å². The van der Waals surface area contributed by atoms with Crippen LogP contribution < -0.4 is 9.47 Å². The fourth-order valence-corrected chi connectivity index (χ4v) is 2.05. The number of hydrogen-bond acceptors (Lipinski definition) is 5. The number of nitrogens with zero attached hydrogens (tertiary/aromatic N) is 1. The Balaban J connectivity index is 2.55. The Morgan fingerprint density at radius 3 is 2.48 bits per heavy atom. The molecule has 1 aromatic carbocycles. The largest absolute Gasteiger partial charge is 0.497 e. The summed E-state index contributed by atoms with van der Waals surface area (Å²) in [5, 5.41) is 9.94. The SMILES string of the molecule is COc1ccc(CN(C)C[C@H](O)COC(C)C)c(OC)c1. The lowest BCUT2D eigenvalue weighted by atomic mass is 10.1. The van der Waals surface area contributed by atoms with Crippen molar-refractivity contribution in [3.8, 4) is 11.5 Å². The molecule has 5 nitrogen and oxygen atoms in total. The molecule has 0 spiro atoms. The Kier molecular flexibility index (Phi) is 7.50. The lowest BCUT2D eigenvalue weighted by molar-refractivity contribution is -0.00640. The van der Waals surface area contributed by atoms with Crippen LogP contribution in [-0.2, 0) is 11.3 Å². The van der Waals surface area contributed by atoms with Crippen LogP contribution in [0.25, 0.3) is 0 Å². The van der Waals surface area contributed by atoms with E-state index in [2.05, 4.69) is 0 Å². The summed E-state index contributed by atoms with van der Waals surface area (Å²) in [6.45, 7) is 5.49. The molecule has 0 aliphatic rings. The van der Waals surface area contributed by atoms with Crippen molar-refractivity contribution < 1.29 is 19.3 Å². The number of aliphatic hydroxyl groups excluding tert-OH is 1. The number of hydrogen-bond donors (Lipinski definition) is 1. The summed E-state index contributed by atoms with van der Waals surface area (Å²) in [7, 11) is 5.23. The van der Waals surface area contributed by atoms with Crippen LogP contribution in [0.15, 0.2) is 18.2 Å². The molecule has 1 aromatic rings. The molecular formula is C16H27NO4. The van der Waals surface area contributed by atoms with Gasteiger partial charge in [0.05, 0.1) is 33.0 Å². The summed E-state index contributed by atoms with van der Waals surface area (Å²) in [5.41, 5.74) is 1.05. The van der Waals surface area contributed by atoms with Crippen LogP contribution >= 0.6 is 0 Å². The maximum Gasteiger partial charge on any atom is 0.127 e. The highest BCUT2D eigenvalue weighted by Gasteiger charge is 2.12. The summed E-state index contributed by atoms with van der Waals surface area (Å²) in [6.07, 6.45) is -0.367. The molecule has 5 heteroatoms. The smallest absolute Gasteiger partial charge is 0.127 e. The first-order chi connectivity index (χ1) is 9.96. The number of ether oxygens (including phenoxy) is 3. The molecule has 0 aliphatic carbocycles. The van der Waals surface area contributed by atoms with Gasteiger partial charge in [-0.05, 0) is 27.0 Å². The van der Waals surface area contributed by atoms with Gasteiger partial charge in [-0.3, -0.25) is 4.90 Å². The van der Waals surface area contributed by atoms with Gasteiger partial charge in [0.25, 0.3) is 0 Å². The highest BCUT2D eigenvalue weighted by atomic mass is 16.5. The number of aliphatic hydroxyl groups is 1. The van der Waals surface area contributed by atoms with Gasteiger partial charge in [0.1, 0.15) is 11.5 Å². The van der Waals surface area contributed by atoms with Gasteiger partial charge < -0.3 is 19.3 Å². The van der Waals surface area contributed by atoms with E-state index in [1.165, 1.54) is 0 Å². The molecule has 0 saturated heterocycles. The van der Waals surface area contributed by atoms with Crippen molar-refractivity contribution in [3.63, 3.8) is 0 Å². The highest BCUT2D eigenvalue weighted by molar-refractivity contribution is 5.40. The van der Waals surface area contributed by atoms with Gasteiger partial charge in [0.15, 0.2) is 0 Å². The summed E-state index contributed by atoms with van der Waals surface area (Å²) in [6, 6.07) is 5.75. The van der Waals surface area contributed by atoms with E-state index in [4.69, 9.17) is 14.2 Å². The Morgan fingerprint density at radius 2 is 1.90 bits per heavy atom. The van der Waals surface area contributed by atoms with E-state index in [-0.39, 0.29) is 6.10 Å². The third kappa shape index (κ3) is 6.33. The van der Waals surface area contributed by atoms with E-state index in [0.29, 0.717) is 19.7 Å². The van der Waals surface area contributed by atoms with Crippen LogP contribution in [0.1, 0.15) is 19.4 Å². The molecule has 0 unspecified atom stereocenters. The van der Waals surface area contributed by atoms with Crippen molar-refractivity contribution in [3.05, 3.63) is 23.8 Å².